The summed E-state index contributed by atoms with van der Waals surface area (Å²) in [4.78, 5) is 8.67. The standard InChI is InChI=1S/C13H17N3O/c1-3-5-12-14-8-9-16(12)13-11(10(2)17)6-4-7-15-13/h4,6-10,17H,3,5H2,1-2H3. The number of aryl methyl sites for hydroxylation is 1. The molecule has 0 radical (unpaired) electrons. The van der Waals surface area contributed by atoms with Gasteiger partial charge >= 0.3 is 0 Å². The first kappa shape index (κ1) is 11.8. The Bertz CT molecular complexity index is 491. The van der Waals surface area contributed by atoms with Gasteiger partial charge in [0.1, 0.15) is 11.6 Å². The summed E-state index contributed by atoms with van der Waals surface area (Å²) < 4.78 is 1.95. The van der Waals surface area contributed by atoms with Gasteiger partial charge in [0.25, 0.3) is 0 Å². The third kappa shape index (κ3) is 2.36. The molecule has 0 aliphatic heterocycles. The third-order valence-electron chi connectivity index (χ3n) is 2.69. The predicted molar refractivity (Wildman–Crippen MR) is 66.0 cm³/mol. The highest BCUT2D eigenvalue weighted by atomic mass is 16.3. The second-order valence-corrected chi connectivity index (χ2v) is 4.06. The van der Waals surface area contributed by atoms with Crippen LogP contribution in [0, 0.1) is 0 Å². The fourth-order valence-corrected chi connectivity index (χ4v) is 1.87. The minimum Gasteiger partial charge on any atom is -0.389 e. The van der Waals surface area contributed by atoms with Gasteiger partial charge in [0.15, 0.2) is 0 Å². The number of aliphatic hydroxyl groups is 1. The molecule has 0 fully saturated rings. The molecular formula is C13H17N3O. The molecule has 2 rings (SSSR count). The van der Waals surface area contributed by atoms with E-state index in [0.717, 1.165) is 30.0 Å². The zero-order chi connectivity index (χ0) is 12.3. The zero-order valence-electron chi connectivity index (χ0n) is 10.2. The van der Waals surface area contributed by atoms with Crippen molar-refractivity contribution in [1.29, 1.82) is 0 Å². The first-order valence-corrected chi connectivity index (χ1v) is 5.89. The van der Waals surface area contributed by atoms with Crippen LogP contribution in [0.25, 0.3) is 5.82 Å². The Morgan fingerprint density at radius 3 is 2.88 bits per heavy atom. The van der Waals surface area contributed by atoms with E-state index in [0.29, 0.717) is 0 Å². The van der Waals surface area contributed by atoms with Crippen molar-refractivity contribution in [3.63, 3.8) is 0 Å². The van der Waals surface area contributed by atoms with Crippen molar-refractivity contribution in [2.24, 2.45) is 0 Å². The summed E-state index contributed by atoms with van der Waals surface area (Å²) in [6.45, 7) is 3.87. The average molecular weight is 231 g/mol. The molecule has 2 aromatic heterocycles. The van der Waals surface area contributed by atoms with Gasteiger partial charge in [-0.05, 0) is 19.4 Å². The fraction of sp³-hybridized carbons (Fsp3) is 0.385. The van der Waals surface area contributed by atoms with Gasteiger partial charge in [-0.1, -0.05) is 13.0 Å². The highest BCUT2D eigenvalue weighted by Crippen LogP contribution is 2.20. The van der Waals surface area contributed by atoms with Gasteiger partial charge in [0, 0.05) is 30.6 Å². The van der Waals surface area contributed by atoms with Crippen LogP contribution in [-0.2, 0) is 6.42 Å². The molecule has 0 amide bonds. The summed E-state index contributed by atoms with van der Waals surface area (Å²) in [5.41, 5.74) is 0.822. The maximum atomic E-state index is 9.75. The molecule has 90 valence electrons. The van der Waals surface area contributed by atoms with Crippen LogP contribution in [0.5, 0.6) is 0 Å². The van der Waals surface area contributed by atoms with Crippen LogP contribution >= 0.6 is 0 Å². The second-order valence-electron chi connectivity index (χ2n) is 4.06. The molecule has 1 unspecified atom stereocenters. The summed E-state index contributed by atoms with van der Waals surface area (Å²) in [5.74, 6) is 1.75. The lowest BCUT2D eigenvalue weighted by atomic mass is 10.1. The molecule has 4 heteroatoms. The molecule has 0 bridgehead atoms. The van der Waals surface area contributed by atoms with Crippen LogP contribution in [0.4, 0.5) is 0 Å². The molecule has 0 aliphatic carbocycles. The smallest absolute Gasteiger partial charge is 0.143 e. The van der Waals surface area contributed by atoms with E-state index in [4.69, 9.17) is 0 Å². The van der Waals surface area contributed by atoms with Crippen LogP contribution in [0.1, 0.15) is 37.8 Å². The molecule has 0 aliphatic rings. The molecule has 0 saturated heterocycles. The highest BCUT2D eigenvalue weighted by molar-refractivity contribution is 5.36. The van der Waals surface area contributed by atoms with Crippen LogP contribution in [-0.4, -0.2) is 19.6 Å². The minimum absolute atomic E-state index is 0.532. The Morgan fingerprint density at radius 2 is 2.18 bits per heavy atom. The molecule has 1 N–H and O–H groups in total. The Hall–Kier alpha value is -1.68. The SMILES string of the molecule is CCCc1nccn1-c1ncccc1C(C)O. The summed E-state index contributed by atoms with van der Waals surface area (Å²) in [6, 6.07) is 3.73. The highest BCUT2D eigenvalue weighted by Gasteiger charge is 2.12. The Labute approximate surface area is 101 Å². The lowest BCUT2D eigenvalue weighted by Crippen LogP contribution is -2.07. The van der Waals surface area contributed by atoms with Gasteiger partial charge in [0.05, 0.1) is 6.10 Å². The van der Waals surface area contributed by atoms with E-state index in [9.17, 15) is 5.11 Å². The number of aromatic nitrogens is 3. The normalized spacial score (nSPS) is 12.6. The number of rotatable bonds is 4. The van der Waals surface area contributed by atoms with Gasteiger partial charge in [-0.25, -0.2) is 9.97 Å². The van der Waals surface area contributed by atoms with E-state index in [-0.39, 0.29) is 0 Å². The number of pyridine rings is 1. The van der Waals surface area contributed by atoms with Crippen LogP contribution in [0.3, 0.4) is 0 Å². The number of aliphatic hydroxyl groups excluding tert-OH is 1. The number of nitrogens with zero attached hydrogens (tertiary/aromatic N) is 3. The Balaban J connectivity index is 2.48. The minimum atomic E-state index is -0.532. The van der Waals surface area contributed by atoms with Crippen LogP contribution in [0.2, 0.25) is 0 Å². The van der Waals surface area contributed by atoms with Gasteiger partial charge in [0.2, 0.25) is 0 Å². The predicted octanol–water partition coefficient (Wildman–Crippen LogP) is 2.27. The van der Waals surface area contributed by atoms with E-state index < -0.39 is 6.10 Å². The van der Waals surface area contributed by atoms with Gasteiger partial charge in [-0.2, -0.15) is 0 Å². The topological polar surface area (TPSA) is 50.9 Å². The third-order valence-corrected chi connectivity index (χ3v) is 2.69. The number of imidazole rings is 1. The Kier molecular flexibility index (Phi) is 3.54. The molecule has 17 heavy (non-hydrogen) atoms. The Morgan fingerprint density at radius 1 is 1.35 bits per heavy atom. The molecule has 0 aromatic carbocycles. The summed E-state index contributed by atoms with van der Waals surface area (Å²) in [6.07, 6.45) is 6.80. The van der Waals surface area contributed by atoms with Crippen LogP contribution in [0.15, 0.2) is 30.7 Å². The molecular weight excluding hydrogens is 214 g/mol. The molecule has 2 heterocycles. The summed E-state index contributed by atoms with van der Waals surface area (Å²) in [7, 11) is 0. The fourth-order valence-electron chi connectivity index (χ4n) is 1.87. The molecule has 1 atom stereocenters. The first-order valence-electron chi connectivity index (χ1n) is 5.89. The van der Waals surface area contributed by atoms with E-state index in [1.165, 1.54) is 0 Å². The van der Waals surface area contributed by atoms with Crippen molar-refractivity contribution >= 4 is 0 Å². The lowest BCUT2D eigenvalue weighted by Gasteiger charge is -2.13. The maximum absolute atomic E-state index is 9.75. The quantitative estimate of drug-likeness (QED) is 0.878. The van der Waals surface area contributed by atoms with Gasteiger partial charge in [-0.15, -0.1) is 0 Å². The first-order chi connectivity index (χ1) is 8.24. The maximum Gasteiger partial charge on any atom is 0.143 e. The van der Waals surface area contributed by atoms with E-state index in [2.05, 4.69) is 16.9 Å². The lowest BCUT2D eigenvalue weighted by molar-refractivity contribution is 0.198. The average Bonchev–Trinajstić information content (AvgIpc) is 2.77. The van der Waals surface area contributed by atoms with Crippen molar-refractivity contribution in [3.8, 4) is 5.82 Å². The summed E-state index contributed by atoms with van der Waals surface area (Å²) >= 11 is 0. The molecule has 4 nitrogen and oxygen atoms in total. The second kappa shape index (κ2) is 5.10. The number of hydrogen-bond donors (Lipinski definition) is 1. The van der Waals surface area contributed by atoms with E-state index in [1.807, 2.05) is 22.9 Å². The molecule has 2 aromatic rings. The van der Waals surface area contributed by atoms with E-state index >= 15 is 0 Å². The molecule has 0 saturated carbocycles. The largest absolute Gasteiger partial charge is 0.389 e. The van der Waals surface area contributed by atoms with Crippen molar-refractivity contribution in [3.05, 3.63) is 42.1 Å². The van der Waals surface area contributed by atoms with Crippen molar-refractivity contribution in [2.45, 2.75) is 32.8 Å². The van der Waals surface area contributed by atoms with Crippen molar-refractivity contribution < 1.29 is 5.11 Å². The monoisotopic (exact) mass is 231 g/mol. The van der Waals surface area contributed by atoms with Gasteiger partial charge < -0.3 is 5.11 Å². The van der Waals surface area contributed by atoms with Crippen molar-refractivity contribution in [1.82, 2.24) is 14.5 Å². The number of hydrogen-bond acceptors (Lipinski definition) is 3. The van der Waals surface area contributed by atoms with Crippen molar-refractivity contribution in [2.75, 3.05) is 0 Å². The zero-order valence-corrected chi connectivity index (χ0v) is 10.2. The van der Waals surface area contributed by atoms with Gasteiger partial charge in [-0.3, -0.25) is 4.57 Å². The molecule has 0 spiro atoms. The summed E-state index contributed by atoms with van der Waals surface area (Å²) in [5, 5.41) is 9.75. The van der Waals surface area contributed by atoms with E-state index in [1.54, 1.807) is 19.3 Å². The van der Waals surface area contributed by atoms with Crippen LogP contribution < -0.4 is 0 Å².